The highest BCUT2D eigenvalue weighted by Crippen LogP contribution is 2.47. The average Bonchev–Trinajstić information content (AvgIpc) is 2.37. The predicted octanol–water partition coefficient (Wildman–Crippen LogP) is 3.47. The molecule has 0 saturated carbocycles. The van der Waals surface area contributed by atoms with E-state index in [9.17, 15) is 9.36 Å². The van der Waals surface area contributed by atoms with Gasteiger partial charge in [-0.15, -0.1) is 0 Å². The van der Waals surface area contributed by atoms with Gasteiger partial charge in [-0.3, -0.25) is 9.36 Å². The highest BCUT2D eigenvalue weighted by Gasteiger charge is 2.25. The zero-order valence-corrected chi connectivity index (χ0v) is 10.9. The van der Waals surface area contributed by atoms with Crippen LogP contribution in [-0.2, 0) is 13.9 Å². The van der Waals surface area contributed by atoms with E-state index in [4.69, 9.17) is 4.52 Å². The van der Waals surface area contributed by atoms with E-state index < -0.39 is 13.3 Å². The van der Waals surface area contributed by atoms with Crippen LogP contribution in [0.3, 0.4) is 0 Å². The molecule has 0 fully saturated rings. The van der Waals surface area contributed by atoms with Crippen molar-refractivity contribution >= 4 is 18.6 Å². The Hall–Kier alpha value is -1.34. The molecule has 0 saturated heterocycles. The molecule has 1 atom stereocenters. The zero-order valence-electron chi connectivity index (χ0n) is 9.96. The van der Waals surface area contributed by atoms with E-state index in [1.165, 1.54) is 5.82 Å². The van der Waals surface area contributed by atoms with Gasteiger partial charge in [0.2, 0.25) is 0 Å². The topological polar surface area (TPSA) is 43.4 Å². The third-order valence-electron chi connectivity index (χ3n) is 2.33. The van der Waals surface area contributed by atoms with Crippen LogP contribution in [0.4, 0.5) is 0 Å². The molecule has 4 heteroatoms. The van der Waals surface area contributed by atoms with Crippen molar-refractivity contribution in [2.24, 2.45) is 0 Å². The van der Waals surface area contributed by atoms with Gasteiger partial charge in [0.05, 0.1) is 5.30 Å². The summed E-state index contributed by atoms with van der Waals surface area (Å²) in [6.45, 7) is 5.49. The molecule has 1 rings (SSSR count). The molecule has 1 aromatic carbocycles. The first-order chi connectivity index (χ1) is 8.12. The first-order valence-corrected chi connectivity index (χ1v) is 7.33. The van der Waals surface area contributed by atoms with E-state index in [0.29, 0.717) is 11.7 Å². The third kappa shape index (κ3) is 3.86. The van der Waals surface area contributed by atoms with Gasteiger partial charge in [0, 0.05) is 12.2 Å². The summed E-state index contributed by atoms with van der Waals surface area (Å²) in [4.78, 5) is 11.5. The lowest BCUT2D eigenvalue weighted by Crippen LogP contribution is -2.10. The Labute approximate surface area is 102 Å². The number of unbranched alkanes of at least 4 members (excludes halogenated alkanes) is 1. The van der Waals surface area contributed by atoms with Gasteiger partial charge in [-0.05, 0) is 18.6 Å². The molecule has 3 nitrogen and oxygen atoms in total. The van der Waals surface area contributed by atoms with Crippen molar-refractivity contribution in [2.75, 3.05) is 0 Å². The Bertz CT molecular complexity index is 426. The van der Waals surface area contributed by atoms with Gasteiger partial charge in [0.25, 0.3) is 0 Å². The highest BCUT2D eigenvalue weighted by atomic mass is 31.2. The second kappa shape index (κ2) is 6.41. The summed E-state index contributed by atoms with van der Waals surface area (Å²) in [5, 5.41) is 0.500. The molecule has 0 aromatic heterocycles. The SMILES string of the molecule is C=CP(=O)(OC(=O)CCCC)c1ccccc1. The molecule has 0 aliphatic carbocycles. The summed E-state index contributed by atoms with van der Waals surface area (Å²) in [6.07, 6.45) is 1.94. The van der Waals surface area contributed by atoms with Crippen molar-refractivity contribution in [1.29, 1.82) is 0 Å². The Kier molecular flexibility index (Phi) is 5.17. The number of rotatable bonds is 6. The van der Waals surface area contributed by atoms with Gasteiger partial charge in [-0.25, -0.2) is 0 Å². The van der Waals surface area contributed by atoms with E-state index in [1.54, 1.807) is 24.3 Å². The Morgan fingerprint density at radius 1 is 1.41 bits per heavy atom. The smallest absolute Gasteiger partial charge is 0.311 e. The van der Waals surface area contributed by atoms with Crippen LogP contribution in [0.2, 0.25) is 0 Å². The largest absolute Gasteiger partial charge is 0.405 e. The Balaban J connectivity index is 2.80. The highest BCUT2D eigenvalue weighted by molar-refractivity contribution is 7.70. The molecule has 0 bridgehead atoms. The minimum Gasteiger partial charge on any atom is -0.405 e. The maximum absolute atomic E-state index is 12.4. The molecular weight excluding hydrogens is 235 g/mol. The fraction of sp³-hybridized carbons (Fsp3) is 0.308. The minimum absolute atomic E-state index is 0.293. The second-order valence-electron chi connectivity index (χ2n) is 3.68. The van der Waals surface area contributed by atoms with Crippen LogP contribution in [0.1, 0.15) is 26.2 Å². The number of carbonyl (C=O) groups excluding carboxylic acids is 1. The summed E-state index contributed by atoms with van der Waals surface area (Å²) >= 11 is 0. The van der Waals surface area contributed by atoms with E-state index in [1.807, 2.05) is 13.0 Å². The van der Waals surface area contributed by atoms with Gasteiger partial charge in [-0.1, -0.05) is 38.1 Å². The Morgan fingerprint density at radius 2 is 2.06 bits per heavy atom. The fourth-order valence-corrected chi connectivity index (χ4v) is 2.72. The second-order valence-corrected chi connectivity index (χ2v) is 5.94. The van der Waals surface area contributed by atoms with Crippen molar-refractivity contribution in [3.8, 4) is 0 Å². The van der Waals surface area contributed by atoms with Crippen molar-refractivity contribution in [2.45, 2.75) is 26.2 Å². The summed E-state index contributed by atoms with van der Waals surface area (Å²) < 4.78 is 17.5. The number of hydrogen-bond acceptors (Lipinski definition) is 3. The van der Waals surface area contributed by atoms with Crippen LogP contribution in [0.5, 0.6) is 0 Å². The van der Waals surface area contributed by atoms with Crippen molar-refractivity contribution in [3.63, 3.8) is 0 Å². The van der Waals surface area contributed by atoms with E-state index in [2.05, 4.69) is 6.58 Å². The summed E-state index contributed by atoms with van der Waals surface area (Å²) in [6, 6.07) is 8.68. The molecule has 0 spiro atoms. The van der Waals surface area contributed by atoms with Crippen LogP contribution >= 0.6 is 7.37 Å². The van der Waals surface area contributed by atoms with Crippen molar-refractivity contribution in [1.82, 2.24) is 0 Å². The van der Waals surface area contributed by atoms with Crippen LogP contribution in [0, 0.1) is 0 Å². The molecule has 0 radical (unpaired) electrons. The molecular formula is C13H17O3P. The average molecular weight is 252 g/mol. The molecule has 0 amide bonds. The van der Waals surface area contributed by atoms with Crippen molar-refractivity contribution in [3.05, 3.63) is 42.7 Å². The Morgan fingerprint density at radius 3 is 2.59 bits per heavy atom. The lowest BCUT2D eigenvalue weighted by molar-refractivity contribution is -0.134. The molecule has 0 N–H and O–H groups in total. The molecule has 0 aliphatic rings. The normalized spacial score (nSPS) is 13.7. The number of hydrogen-bond donors (Lipinski definition) is 0. The fourth-order valence-electron chi connectivity index (χ4n) is 1.35. The van der Waals surface area contributed by atoms with Gasteiger partial charge in [0.15, 0.2) is 0 Å². The first kappa shape index (κ1) is 13.7. The summed E-state index contributed by atoms with van der Waals surface area (Å²) in [5.41, 5.74) is 0. The summed E-state index contributed by atoms with van der Waals surface area (Å²) in [7, 11) is -3.23. The van der Waals surface area contributed by atoms with Crippen LogP contribution in [0.25, 0.3) is 0 Å². The number of benzene rings is 1. The van der Waals surface area contributed by atoms with Crippen LogP contribution in [-0.4, -0.2) is 5.97 Å². The molecule has 0 aliphatic heterocycles. The quantitative estimate of drug-likeness (QED) is 0.728. The minimum atomic E-state index is -3.23. The maximum Gasteiger partial charge on any atom is 0.311 e. The monoisotopic (exact) mass is 252 g/mol. The third-order valence-corrected chi connectivity index (χ3v) is 4.30. The van der Waals surface area contributed by atoms with Gasteiger partial charge < -0.3 is 4.52 Å². The molecule has 1 aromatic rings. The van der Waals surface area contributed by atoms with Crippen LogP contribution < -0.4 is 5.30 Å². The summed E-state index contributed by atoms with van der Waals surface area (Å²) in [5.74, 6) is 0.797. The molecule has 92 valence electrons. The lowest BCUT2D eigenvalue weighted by atomic mass is 10.3. The van der Waals surface area contributed by atoms with E-state index in [0.717, 1.165) is 12.8 Å². The number of carbonyl (C=O) groups is 1. The molecule has 0 heterocycles. The van der Waals surface area contributed by atoms with Crippen molar-refractivity contribution < 1.29 is 13.9 Å². The predicted molar refractivity (Wildman–Crippen MR) is 69.5 cm³/mol. The first-order valence-electron chi connectivity index (χ1n) is 5.63. The maximum atomic E-state index is 12.4. The van der Waals surface area contributed by atoms with Crippen LogP contribution in [0.15, 0.2) is 42.7 Å². The van der Waals surface area contributed by atoms with E-state index in [-0.39, 0.29) is 0 Å². The van der Waals surface area contributed by atoms with Gasteiger partial charge >= 0.3 is 13.3 Å². The molecule has 1 unspecified atom stereocenters. The van der Waals surface area contributed by atoms with Gasteiger partial charge in [-0.2, -0.15) is 0 Å². The zero-order chi connectivity index (χ0) is 12.7. The standard InChI is InChI=1S/C13H17O3P/c1-3-5-11-13(14)16-17(15,4-2)12-9-7-6-8-10-12/h4,6-10H,2-3,5,11H2,1H3. The molecule has 17 heavy (non-hydrogen) atoms. The lowest BCUT2D eigenvalue weighted by Gasteiger charge is -2.14. The van der Waals surface area contributed by atoms with E-state index >= 15 is 0 Å². The van der Waals surface area contributed by atoms with Gasteiger partial charge in [0.1, 0.15) is 0 Å².